The number of hydrogen-bond donors (Lipinski definition) is 2. The Hall–Kier alpha value is -1.22. The zero-order chi connectivity index (χ0) is 15.8. The number of nitrogens with zero attached hydrogens (tertiary/aromatic N) is 1. The first-order valence-electron chi connectivity index (χ1n) is 6.57. The number of sulfonamides is 1. The Bertz CT molecular complexity index is 612. The Morgan fingerprint density at radius 3 is 2.71 bits per heavy atom. The molecule has 2 unspecified atom stereocenters. The van der Waals surface area contributed by atoms with Crippen molar-refractivity contribution < 1.29 is 22.7 Å². The van der Waals surface area contributed by atoms with Crippen LogP contribution in [0.2, 0.25) is 0 Å². The van der Waals surface area contributed by atoms with E-state index in [9.17, 15) is 17.9 Å². The Kier molecular flexibility index (Phi) is 4.52. The van der Waals surface area contributed by atoms with Crippen LogP contribution in [0, 0.1) is 12.7 Å². The van der Waals surface area contributed by atoms with Crippen LogP contribution in [-0.2, 0) is 14.8 Å². The fraction of sp³-hybridized carbons (Fsp3) is 0.538. The van der Waals surface area contributed by atoms with Gasteiger partial charge in [-0.15, -0.1) is 0 Å². The van der Waals surface area contributed by atoms with E-state index < -0.39 is 21.9 Å². The number of halogens is 1. The van der Waals surface area contributed by atoms with Gasteiger partial charge in [-0.3, -0.25) is 0 Å². The van der Waals surface area contributed by atoms with Crippen molar-refractivity contribution >= 4 is 15.7 Å². The molecule has 1 aliphatic heterocycles. The maximum Gasteiger partial charge on any atom is 0.243 e. The van der Waals surface area contributed by atoms with Gasteiger partial charge in [-0.1, -0.05) is 0 Å². The maximum atomic E-state index is 13.5. The van der Waals surface area contributed by atoms with E-state index in [1.165, 1.54) is 17.3 Å². The molecule has 8 heteroatoms. The van der Waals surface area contributed by atoms with Crippen molar-refractivity contribution in [3.63, 3.8) is 0 Å². The maximum absolute atomic E-state index is 13.5. The first-order chi connectivity index (χ1) is 9.75. The molecule has 0 radical (unpaired) electrons. The number of anilines is 1. The van der Waals surface area contributed by atoms with E-state index >= 15 is 0 Å². The summed E-state index contributed by atoms with van der Waals surface area (Å²) < 4.78 is 45.4. The van der Waals surface area contributed by atoms with Crippen molar-refractivity contribution in [2.75, 3.05) is 25.4 Å². The van der Waals surface area contributed by atoms with Crippen LogP contribution in [0.5, 0.6) is 0 Å². The van der Waals surface area contributed by atoms with Gasteiger partial charge in [0.05, 0.1) is 29.4 Å². The highest BCUT2D eigenvalue weighted by Gasteiger charge is 2.34. The van der Waals surface area contributed by atoms with E-state index in [0.29, 0.717) is 0 Å². The third kappa shape index (κ3) is 3.18. The second-order valence-corrected chi connectivity index (χ2v) is 7.15. The molecule has 1 aromatic rings. The molecule has 3 N–H and O–H groups in total. The fourth-order valence-electron chi connectivity index (χ4n) is 2.36. The predicted octanol–water partition coefficient (Wildman–Crippen LogP) is 0.487. The Morgan fingerprint density at radius 2 is 2.14 bits per heavy atom. The largest absolute Gasteiger partial charge is 0.396 e. The molecule has 1 aromatic carbocycles. The minimum atomic E-state index is -3.80. The van der Waals surface area contributed by atoms with Gasteiger partial charge < -0.3 is 15.6 Å². The summed E-state index contributed by atoms with van der Waals surface area (Å²) in [4.78, 5) is -0.0512. The van der Waals surface area contributed by atoms with Gasteiger partial charge in [0.15, 0.2) is 0 Å². The van der Waals surface area contributed by atoms with Crippen LogP contribution in [0.4, 0.5) is 10.1 Å². The molecule has 1 heterocycles. The highest BCUT2D eigenvalue weighted by molar-refractivity contribution is 7.89. The first kappa shape index (κ1) is 16.2. The van der Waals surface area contributed by atoms with Crippen LogP contribution < -0.4 is 5.73 Å². The van der Waals surface area contributed by atoms with Gasteiger partial charge >= 0.3 is 0 Å². The van der Waals surface area contributed by atoms with Crippen LogP contribution >= 0.6 is 0 Å². The summed E-state index contributed by atoms with van der Waals surface area (Å²) in [5, 5.41) is 9.17. The van der Waals surface area contributed by atoms with Crippen LogP contribution in [0.3, 0.4) is 0 Å². The highest BCUT2D eigenvalue weighted by Crippen LogP contribution is 2.25. The first-order valence-corrected chi connectivity index (χ1v) is 8.01. The van der Waals surface area contributed by atoms with E-state index in [0.717, 1.165) is 6.07 Å². The molecular formula is C13H19FN2O4S. The average molecular weight is 318 g/mol. The van der Waals surface area contributed by atoms with E-state index in [4.69, 9.17) is 10.5 Å². The molecule has 1 aliphatic rings. The standard InChI is InChI=1S/C13H19FN2O4S/c1-8-3-11(4-12(15)13(8)14)21(18,19)16-5-9(2)20-10(6-16)7-17/h3-4,9-10,17H,5-7,15H2,1-2H3. The zero-order valence-electron chi connectivity index (χ0n) is 11.9. The smallest absolute Gasteiger partial charge is 0.243 e. The second kappa shape index (κ2) is 5.88. The molecule has 21 heavy (non-hydrogen) atoms. The molecule has 0 bridgehead atoms. The minimum absolute atomic E-state index is 0.0512. The topological polar surface area (TPSA) is 92.9 Å². The number of rotatable bonds is 3. The third-order valence-corrected chi connectivity index (χ3v) is 5.20. The van der Waals surface area contributed by atoms with Crippen molar-refractivity contribution in [3.05, 3.63) is 23.5 Å². The Morgan fingerprint density at radius 1 is 1.48 bits per heavy atom. The molecule has 2 rings (SSSR count). The Balaban J connectivity index is 2.37. The van der Waals surface area contributed by atoms with Crippen molar-refractivity contribution in [2.24, 2.45) is 0 Å². The van der Waals surface area contributed by atoms with Crippen LogP contribution in [-0.4, -0.2) is 49.7 Å². The molecule has 2 atom stereocenters. The van der Waals surface area contributed by atoms with Gasteiger partial charge in [-0.25, -0.2) is 12.8 Å². The molecule has 0 saturated carbocycles. The molecule has 0 amide bonds. The monoisotopic (exact) mass is 318 g/mol. The summed E-state index contributed by atoms with van der Waals surface area (Å²) in [7, 11) is -3.80. The number of nitrogen functional groups attached to an aromatic ring is 1. The van der Waals surface area contributed by atoms with Gasteiger partial charge in [-0.05, 0) is 31.5 Å². The lowest BCUT2D eigenvalue weighted by atomic mass is 10.2. The van der Waals surface area contributed by atoms with Gasteiger partial charge in [0.1, 0.15) is 5.82 Å². The molecular weight excluding hydrogens is 299 g/mol. The van der Waals surface area contributed by atoms with Crippen LogP contribution in [0.15, 0.2) is 17.0 Å². The third-order valence-electron chi connectivity index (χ3n) is 3.39. The number of aliphatic hydroxyl groups is 1. The normalized spacial score (nSPS) is 24.2. The second-order valence-electron chi connectivity index (χ2n) is 5.22. The summed E-state index contributed by atoms with van der Waals surface area (Å²) in [6.07, 6.45) is -0.896. The van der Waals surface area contributed by atoms with Crippen molar-refractivity contribution in [1.29, 1.82) is 0 Å². The lowest BCUT2D eigenvalue weighted by Crippen LogP contribution is -2.50. The Labute approximate surface area is 123 Å². The molecule has 6 nitrogen and oxygen atoms in total. The van der Waals surface area contributed by atoms with Crippen molar-refractivity contribution in [2.45, 2.75) is 31.0 Å². The molecule has 1 fully saturated rings. The minimum Gasteiger partial charge on any atom is -0.396 e. The molecule has 1 saturated heterocycles. The number of ether oxygens (including phenoxy) is 1. The highest BCUT2D eigenvalue weighted by atomic mass is 32.2. The summed E-state index contributed by atoms with van der Waals surface area (Å²) >= 11 is 0. The number of aliphatic hydroxyl groups excluding tert-OH is 1. The average Bonchev–Trinajstić information content (AvgIpc) is 2.43. The molecule has 118 valence electrons. The van der Waals surface area contributed by atoms with Gasteiger partial charge in [-0.2, -0.15) is 4.31 Å². The van der Waals surface area contributed by atoms with E-state index in [1.807, 2.05) is 0 Å². The van der Waals surface area contributed by atoms with Gasteiger partial charge in [0, 0.05) is 13.1 Å². The number of nitrogens with two attached hydrogens (primary N) is 1. The summed E-state index contributed by atoms with van der Waals surface area (Å²) in [5.41, 5.74) is 5.48. The van der Waals surface area contributed by atoms with E-state index in [-0.39, 0.29) is 41.9 Å². The fourth-order valence-corrected chi connectivity index (χ4v) is 4.03. The summed E-state index contributed by atoms with van der Waals surface area (Å²) in [6.45, 7) is 3.16. The number of benzene rings is 1. The number of aryl methyl sites for hydroxylation is 1. The molecule has 0 spiro atoms. The van der Waals surface area contributed by atoms with Crippen molar-refractivity contribution in [1.82, 2.24) is 4.31 Å². The SMILES string of the molecule is Cc1cc(S(=O)(=O)N2CC(C)OC(CO)C2)cc(N)c1F. The molecule has 0 aliphatic carbocycles. The van der Waals surface area contributed by atoms with Crippen LogP contribution in [0.1, 0.15) is 12.5 Å². The van der Waals surface area contributed by atoms with E-state index in [2.05, 4.69) is 0 Å². The summed E-state index contributed by atoms with van der Waals surface area (Å²) in [6, 6.07) is 2.38. The van der Waals surface area contributed by atoms with Gasteiger partial charge in [0.2, 0.25) is 10.0 Å². The van der Waals surface area contributed by atoms with Crippen LogP contribution in [0.25, 0.3) is 0 Å². The van der Waals surface area contributed by atoms with E-state index in [1.54, 1.807) is 6.92 Å². The zero-order valence-corrected chi connectivity index (χ0v) is 12.7. The number of hydrogen-bond acceptors (Lipinski definition) is 5. The lowest BCUT2D eigenvalue weighted by molar-refractivity contribution is -0.0750. The predicted molar refractivity (Wildman–Crippen MR) is 75.7 cm³/mol. The number of morpholine rings is 1. The van der Waals surface area contributed by atoms with Crippen molar-refractivity contribution in [3.8, 4) is 0 Å². The molecule has 0 aromatic heterocycles. The quantitative estimate of drug-likeness (QED) is 0.791. The van der Waals surface area contributed by atoms with Gasteiger partial charge in [0.25, 0.3) is 0 Å². The lowest BCUT2D eigenvalue weighted by Gasteiger charge is -2.35. The summed E-state index contributed by atoms with van der Waals surface area (Å²) in [5.74, 6) is -0.613.